The molecule has 0 aromatic heterocycles. The van der Waals surface area contributed by atoms with Crippen molar-refractivity contribution < 1.29 is 15.0 Å². The van der Waals surface area contributed by atoms with E-state index in [-0.39, 0.29) is 0 Å². The Hall–Kier alpha value is -0.730. The highest BCUT2D eigenvalue weighted by Gasteiger charge is 1.70. The lowest BCUT2D eigenvalue weighted by atomic mass is 11.5. The first-order chi connectivity index (χ1) is 2.81. The summed E-state index contributed by atoms with van der Waals surface area (Å²) in [6, 6.07) is 0. The molecule has 2 N–H and O–H groups in total. The third-order valence-corrected chi connectivity index (χ3v) is 0. The zero-order valence-electron chi connectivity index (χ0n) is 3.72. The van der Waals surface area contributed by atoms with Crippen LogP contribution in [0, 0.1) is 0 Å². The van der Waals surface area contributed by atoms with E-state index in [0.717, 1.165) is 0 Å². The molecule has 0 heterocycles. The standard InChI is InChI=1S/CH2O3/c2-1(3)4/h(H2,2,3,4)/i/hT2. The molecule has 0 aliphatic carbocycles. The van der Waals surface area contributed by atoms with Crippen LogP contribution >= 0.6 is 0 Å². The minimum atomic E-state index is -1.32. The molecule has 3 heteroatoms. The van der Waals surface area contributed by atoms with E-state index >= 15 is 0 Å². The third kappa shape index (κ3) is 0.174. The molecule has 0 atom stereocenters. The van der Waals surface area contributed by atoms with Gasteiger partial charge in [-0.3, -0.25) is 0 Å². The molecule has 24 valence electrons. The van der Waals surface area contributed by atoms with Crippen LogP contribution < -0.4 is 0 Å². The van der Waals surface area contributed by atoms with E-state index in [1.165, 1.54) is 0 Å². The van der Waals surface area contributed by atoms with Crippen molar-refractivity contribution in [2.45, 2.75) is 0 Å². The van der Waals surface area contributed by atoms with Crippen LogP contribution in [0.3, 0.4) is 0 Å². The monoisotopic (exact) mass is 66.0 g/mol. The van der Waals surface area contributed by atoms with Crippen molar-refractivity contribution in [1.29, 1.82) is 2.86 Å². The molecule has 0 rings (SSSR count). The van der Waals surface area contributed by atoms with Crippen LogP contribution in [0.1, 0.15) is 0 Å². The molecule has 0 aliphatic heterocycles. The lowest BCUT2D eigenvalue weighted by molar-refractivity contribution is 0.137. The second-order valence-electron chi connectivity index (χ2n) is 0.250. The first kappa shape index (κ1) is 0.924. The second-order valence-corrected chi connectivity index (χ2v) is 0.250. The second kappa shape index (κ2) is 0.711. The van der Waals surface area contributed by atoms with Gasteiger partial charge < -0.3 is 10.2 Å². The molecule has 4 heavy (non-hydrogen) atoms. The predicted octanol–water partition coefficient (Wildman–Crippen LogP) is 0.222. The fraction of sp³-hybridized carbons (Fsp3) is 0. The van der Waals surface area contributed by atoms with Gasteiger partial charge in [-0.25, -0.2) is 4.79 Å². The number of rotatable bonds is 0. The highest BCUT2D eigenvalue weighted by atomic mass is 16.6. The summed E-state index contributed by atoms with van der Waals surface area (Å²) in [7, 11) is 0. The van der Waals surface area contributed by atoms with E-state index in [1.807, 2.05) is 0 Å². The summed E-state index contributed by atoms with van der Waals surface area (Å²) in [6.07, 6.45) is -1.32. The Labute approximate surface area is 25.5 Å². The van der Waals surface area contributed by atoms with Gasteiger partial charge in [-0.15, -0.1) is 0 Å². The van der Waals surface area contributed by atoms with Gasteiger partial charge in [0.15, 0.2) is 0 Å². The van der Waals surface area contributed by atoms with Gasteiger partial charge in [0.1, 0.15) is 0 Å². The Morgan fingerprint density at radius 2 is 2.50 bits per heavy atom. The van der Waals surface area contributed by atoms with Crippen LogP contribution in [0.15, 0.2) is 0 Å². The average molecular weight is 66.0 g/mol. The van der Waals surface area contributed by atoms with Crippen LogP contribution in [0.4, 0.5) is 4.79 Å². The van der Waals surface area contributed by atoms with E-state index in [9.17, 15) is 4.79 Å². The lowest BCUT2D eigenvalue weighted by Gasteiger charge is -1.60. The molecule has 0 radical (unpaired) electrons. The van der Waals surface area contributed by atoms with Gasteiger partial charge in [0.05, 0.1) is 0 Å². The minimum Gasteiger partial charge on any atom is -0.450 e. The molecular formula is CH2O3. The number of hydrogen-bond acceptors (Lipinski definition) is 3. The Morgan fingerprint density at radius 3 is 2.50 bits per heavy atom. The molecule has 0 spiro atoms. The fourth-order valence-corrected chi connectivity index (χ4v) is 0. The largest absolute Gasteiger partial charge is 0.503 e. The van der Waals surface area contributed by atoms with Crippen molar-refractivity contribution in [1.82, 2.24) is 0 Å². The maximum Gasteiger partial charge on any atom is 0.503 e. The Morgan fingerprint density at radius 1 is 2.00 bits per heavy atom. The van der Waals surface area contributed by atoms with Gasteiger partial charge >= 0.3 is 9.02 Å². The smallest absolute Gasteiger partial charge is 0.450 e. The minimum absolute atomic E-state index is 1.32. The highest BCUT2D eigenvalue weighted by Crippen LogP contribution is 1.42. The van der Waals surface area contributed by atoms with Gasteiger partial charge in [-0.2, -0.15) is 0 Å². The van der Waals surface area contributed by atoms with E-state index in [0.29, 0.717) is 0 Å². The molecular weight excluding hydrogens is 60.0 g/mol. The fourth-order valence-electron chi connectivity index (χ4n) is 0. The summed E-state index contributed by atoms with van der Waals surface area (Å²) in [5.41, 5.74) is 0. The van der Waals surface area contributed by atoms with Crippen molar-refractivity contribution in [2.75, 3.05) is 0 Å². The van der Waals surface area contributed by atoms with Crippen LogP contribution in [-0.2, 0) is 0 Å². The van der Waals surface area contributed by atoms with Crippen molar-refractivity contribution in [2.24, 2.45) is 0 Å². The first-order valence-corrected chi connectivity index (χ1v) is 0.612. The molecule has 3 nitrogen and oxygen atoms in total. The SMILES string of the molecule is [3H]OC(=O)O[3H]. The summed E-state index contributed by atoms with van der Waals surface area (Å²) in [5.74, 6) is 0. The lowest BCUT2D eigenvalue weighted by Crippen LogP contribution is -1.81. The van der Waals surface area contributed by atoms with Crippen LogP contribution in [0.5, 0.6) is 0 Å². The molecule has 0 saturated carbocycles. The maximum atomic E-state index is 9.36. The summed E-state index contributed by atoms with van der Waals surface area (Å²) in [5, 5.41) is 6.20. The molecule has 0 aromatic rings. The number of carboxylic acid groups (broad SMARTS) is 2. The van der Waals surface area contributed by atoms with Crippen LogP contribution in [0.2, 0.25) is 0 Å². The Balaban J connectivity index is 2.99. The molecule has 0 aromatic carbocycles. The van der Waals surface area contributed by atoms with Crippen molar-refractivity contribution in [3.8, 4) is 0 Å². The van der Waals surface area contributed by atoms with Crippen molar-refractivity contribution in [3.05, 3.63) is 0 Å². The van der Waals surface area contributed by atoms with Crippen molar-refractivity contribution in [3.63, 3.8) is 0 Å². The third-order valence-electron chi connectivity index (χ3n) is 0. The van der Waals surface area contributed by atoms with E-state index in [2.05, 4.69) is 10.2 Å². The van der Waals surface area contributed by atoms with E-state index in [1.54, 1.807) is 0 Å². The maximum absolute atomic E-state index is 9.36. The summed E-state index contributed by atoms with van der Waals surface area (Å²) in [4.78, 5) is 9.36. The van der Waals surface area contributed by atoms with E-state index < -0.39 is 6.16 Å². The number of carbonyl (C=O) groups is 1. The van der Waals surface area contributed by atoms with E-state index in [4.69, 9.17) is 2.86 Å². The normalized spacial score (nSPS) is 11.0. The molecule has 0 fully saturated rings. The quantitative estimate of drug-likeness (QED) is 0.425. The molecule has 0 unspecified atom stereocenters. The highest BCUT2D eigenvalue weighted by molar-refractivity contribution is 5.53. The van der Waals surface area contributed by atoms with Gasteiger partial charge in [0, 0.05) is 0 Å². The zero-order valence-corrected chi connectivity index (χ0v) is 1.72. The van der Waals surface area contributed by atoms with Crippen LogP contribution in [-0.4, -0.2) is 16.4 Å². The summed E-state index contributed by atoms with van der Waals surface area (Å²) < 4.78 is 11.4. The van der Waals surface area contributed by atoms with Crippen LogP contribution in [0.25, 0.3) is 2.86 Å². The van der Waals surface area contributed by atoms with Gasteiger partial charge in [-0.05, 0) is 0 Å². The topological polar surface area (TPSA) is 57.5 Å². The number of hydrogen-bond donors (Lipinski definition) is 2. The van der Waals surface area contributed by atoms with Crippen molar-refractivity contribution >= 4 is 6.16 Å². The Bertz CT molecular complexity index is 46.8. The molecule has 0 amide bonds. The van der Waals surface area contributed by atoms with Gasteiger partial charge in [-0.1, -0.05) is 0 Å². The molecule has 0 saturated heterocycles. The summed E-state index contributed by atoms with van der Waals surface area (Å²) >= 11 is 0. The first-order valence-electron chi connectivity index (χ1n) is 1.43. The molecule has 0 aliphatic rings. The predicted molar refractivity (Wildman–Crippen MR) is 10.7 cm³/mol. The average Bonchev–Trinajstić information content (AvgIpc) is 1.65. The van der Waals surface area contributed by atoms with Gasteiger partial charge in [0.2, 0.25) is 0 Å². The zero-order chi connectivity index (χ0) is 4.99. The summed E-state index contributed by atoms with van der Waals surface area (Å²) in [6.45, 7) is 0. The molecule has 0 bridgehead atoms. The van der Waals surface area contributed by atoms with Gasteiger partial charge in [0.25, 0.3) is 0 Å². The Kier molecular flexibility index (Phi) is 0.164.